The number of benzene rings is 2. The molecular formula is C19H18N4O2S2. The molecule has 0 fully saturated rings. The lowest BCUT2D eigenvalue weighted by Gasteiger charge is -2.07. The molecule has 0 radical (unpaired) electrons. The van der Waals surface area contributed by atoms with E-state index in [4.69, 9.17) is 12.2 Å². The first-order valence-electron chi connectivity index (χ1n) is 8.34. The minimum atomic E-state index is -0.274. The second-order valence-corrected chi connectivity index (χ2v) is 7.28. The molecule has 0 bridgehead atoms. The summed E-state index contributed by atoms with van der Waals surface area (Å²) in [7, 11) is 0. The van der Waals surface area contributed by atoms with Crippen LogP contribution in [0.15, 0.2) is 42.5 Å². The molecule has 2 aromatic carbocycles. The molecule has 0 saturated heterocycles. The maximum Gasteiger partial charge on any atom is 0.257 e. The number of nitrogens with zero attached hydrogens (tertiary/aromatic N) is 1. The molecule has 8 heteroatoms. The van der Waals surface area contributed by atoms with E-state index in [1.807, 2.05) is 24.3 Å². The molecule has 3 N–H and O–H groups in total. The Kier molecular flexibility index (Phi) is 5.78. The van der Waals surface area contributed by atoms with Crippen LogP contribution in [0, 0.1) is 0 Å². The number of rotatable bonds is 4. The number of amides is 2. The Hall–Kier alpha value is -2.84. The third-order valence-corrected chi connectivity index (χ3v) is 4.92. The van der Waals surface area contributed by atoms with Crippen molar-refractivity contribution >= 4 is 61.5 Å². The third-order valence-electron chi connectivity index (χ3n) is 3.78. The van der Waals surface area contributed by atoms with Gasteiger partial charge in [0.2, 0.25) is 5.91 Å². The number of fused-ring (bicyclic) bond motifs is 1. The van der Waals surface area contributed by atoms with Crippen LogP contribution >= 0.6 is 23.6 Å². The molecule has 0 unspecified atom stereocenters. The number of hydrogen-bond acceptors (Lipinski definition) is 5. The highest BCUT2D eigenvalue weighted by atomic mass is 32.1. The molecule has 138 valence electrons. The lowest BCUT2D eigenvalue weighted by molar-refractivity contribution is -0.114. The van der Waals surface area contributed by atoms with Crippen molar-refractivity contribution in [2.45, 2.75) is 20.3 Å². The summed E-state index contributed by atoms with van der Waals surface area (Å²) >= 11 is 6.60. The number of carbonyl (C=O) groups is 2. The molecule has 1 aromatic heterocycles. The maximum atomic E-state index is 12.3. The highest BCUT2D eigenvalue weighted by Crippen LogP contribution is 2.28. The van der Waals surface area contributed by atoms with Gasteiger partial charge in [-0.15, -0.1) is 0 Å². The topological polar surface area (TPSA) is 83.1 Å². The van der Waals surface area contributed by atoms with E-state index in [1.54, 1.807) is 18.2 Å². The van der Waals surface area contributed by atoms with Gasteiger partial charge in [0.05, 0.1) is 10.2 Å². The summed E-state index contributed by atoms with van der Waals surface area (Å²) in [6, 6.07) is 12.8. The molecule has 2 amide bonds. The first kappa shape index (κ1) is 18.9. The summed E-state index contributed by atoms with van der Waals surface area (Å²) in [4.78, 5) is 27.9. The van der Waals surface area contributed by atoms with E-state index in [9.17, 15) is 9.59 Å². The van der Waals surface area contributed by atoms with E-state index in [1.165, 1.54) is 23.8 Å². The molecule has 27 heavy (non-hydrogen) atoms. The zero-order valence-corrected chi connectivity index (χ0v) is 16.5. The van der Waals surface area contributed by atoms with E-state index < -0.39 is 0 Å². The summed E-state index contributed by atoms with van der Waals surface area (Å²) in [5, 5.41) is 9.07. The van der Waals surface area contributed by atoms with Gasteiger partial charge in [0.1, 0.15) is 0 Å². The number of hydrogen-bond donors (Lipinski definition) is 3. The van der Waals surface area contributed by atoms with Crippen molar-refractivity contribution in [2.24, 2.45) is 0 Å². The Morgan fingerprint density at radius 2 is 1.85 bits per heavy atom. The van der Waals surface area contributed by atoms with Crippen molar-refractivity contribution in [3.63, 3.8) is 0 Å². The van der Waals surface area contributed by atoms with Gasteiger partial charge in [-0.2, -0.15) is 0 Å². The average Bonchev–Trinajstić information content (AvgIpc) is 3.02. The second-order valence-electron chi connectivity index (χ2n) is 5.84. The number of carbonyl (C=O) groups excluding carboxylic acids is 2. The molecule has 0 saturated carbocycles. The summed E-state index contributed by atoms with van der Waals surface area (Å²) in [5.74, 6) is -0.405. The number of thiazole rings is 1. The molecule has 0 atom stereocenters. The third kappa shape index (κ3) is 4.87. The Balaban J connectivity index is 1.66. The normalized spacial score (nSPS) is 10.4. The number of aromatic nitrogens is 1. The van der Waals surface area contributed by atoms with Crippen molar-refractivity contribution in [1.29, 1.82) is 0 Å². The second kappa shape index (κ2) is 8.24. The minimum Gasteiger partial charge on any atom is -0.326 e. The van der Waals surface area contributed by atoms with Gasteiger partial charge in [-0.05, 0) is 54.5 Å². The van der Waals surface area contributed by atoms with Gasteiger partial charge >= 0.3 is 0 Å². The van der Waals surface area contributed by atoms with Gasteiger partial charge in [-0.1, -0.05) is 30.4 Å². The summed E-state index contributed by atoms with van der Waals surface area (Å²) < 4.78 is 0.896. The first-order chi connectivity index (χ1) is 12.9. The zero-order valence-electron chi connectivity index (χ0n) is 14.8. The van der Waals surface area contributed by atoms with E-state index >= 15 is 0 Å². The summed E-state index contributed by atoms with van der Waals surface area (Å²) in [6.45, 7) is 3.52. The van der Waals surface area contributed by atoms with Crippen LogP contribution in [0.3, 0.4) is 0 Å². The fraction of sp³-hybridized carbons (Fsp3) is 0.158. The summed E-state index contributed by atoms with van der Waals surface area (Å²) in [6.07, 6.45) is 0.920. The molecule has 3 aromatic rings. The van der Waals surface area contributed by atoms with E-state index in [2.05, 4.69) is 27.9 Å². The van der Waals surface area contributed by atoms with Gasteiger partial charge < -0.3 is 10.6 Å². The van der Waals surface area contributed by atoms with Crippen LogP contribution in [-0.4, -0.2) is 21.9 Å². The summed E-state index contributed by atoms with van der Waals surface area (Å²) in [5.41, 5.74) is 3.19. The number of nitrogens with one attached hydrogen (secondary N) is 3. The van der Waals surface area contributed by atoms with Crippen LogP contribution in [0.2, 0.25) is 0 Å². The Bertz CT molecular complexity index is 1010. The van der Waals surface area contributed by atoms with Gasteiger partial charge in [-0.3, -0.25) is 14.9 Å². The fourth-order valence-corrected chi connectivity index (χ4v) is 3.62. The molecular weight excluding hydrogens is 380 g/mol. The Morgan fingerprint density at radius 1 is 1.11 bits per heavy atom. The largest absolute Gasteiger partial charge is 0.326 e. The lowest BCUT2D eigenvalue weighted by atomic mass is 10.1. The molecule has 0 aliphatic rings. The SMILES string of the molecule is CCc1ccc(C(=O)NC(=S)Nc2nc3ccc(NC(C)=O)cc3s2)cc1. The van der Waals surface area contributed by atoms with Crippen LogP contribution in [0.1, 0.15) is 29.8 Å². The molecule has 0 aliphatic carbocycles. The number of anilines is 2. The van der Waals surface area contributed by atoms with Crippen LogP contribution in [0.5, 0.6) is 0 Å². The smallest absolute Gasteiger partial charge is 0.257 e. The van der Waals surface area contributed by atoms with Crippen molar-refractivity contribution in [3.05, 3.63) is 53.6 Å². The quantitative estimate of drug-likeness (QED) is 0.580. The minimum absolute atomic E-state index is 0.131. The standard InChI is InChI=1S/C19H18N4O2S2/c1-3-12-4-6-13(7-5-12)17(25)22-18(26)23-19-21-15-9-8-14(20-11(2)24)10-16(15)27-19/h4-10H,3H2,1-2H3,(H,20,24)(H2,21,22,23,25,26). The molecule has 3 rings (SSSR count). The van der Waals surface area contributed by atoms with Gasteiger partial charge in [0, 0.05) is 18.2 Å². The molecule has 0 spiro atoms. The number of thiocarbonyl (C=S) groups is 1. The maximum absolute atomic E-state index is 12.3. The van der Waals surface area contributed by atoms with Gasteiger partial charge in [0.25, 0.3) is 5.91 Å². The predicted molar refractivity (Wildman–Crippen MR) is 113 cm³/mol. The van der Waals surface area contributed by atoms with Gasteiger partial charge in [-0.25, -0.2) is 4.98 Å². The Labute approximate surface area is 166 Å². The molecule has 6 nitrogen and oxygen atoms in total. The number of aryl methyl sites for hydroxylation is 1. The van der Waals surface area contributed by atoms with Crippen LogP contribution < -0.4 is 16.0 Å². The zero-order chi connectivity index (χ0) is 19.4. The predicted octanol–water partition coefficient (Wildman–Crippen LogP) is 3.94. The van der Waals surface area contributed by atoms with Crippen molar-refractivity contribution in [3.8, 4) is 0 Å². The van der Waals surface area contributed by atoms with Crippen molar-refractivity contribution in [1.82, 2.24) is 10.3 Å². The first-order valence-corrected chi connectivity index (χ1v) is 9.56. The highest BCUT2D eigenvalue weighted by Gasteiger charge is 2.10. The van der Waals surface area contributed by atoms with Crippen LogP contribution in [-0.2, 0) is 11.2 Å². The van der Waals surface area contributed by atoms with E-state index in [0.29, 0.717) is 16.4 Å². The van der Waals surface area contributed by atoms with E-state index in [-0.39, 0.29) is 16.9 Å². The van der Waals surface area contributed by atoms with Crippen molar-refractivity contribution < 1.29 is 9.59 Å². The fourth-order valence-electron chi connectivity index (χ4n) is 2.45. The molecule has 1 heterocycles. The highest BCUT2D eigenvalue weighted by molar-refractivity contribution is 7.80. The molecule has 0 aliphatic heterocycles. The van der Waals surface area contributed by atoms with Crippen molar-refractivity contribution in [2.75, 3.05) is 10.6 Å². The van der Waals surface area contributed by atoms with E-state index in [0.717, 1.165) is 16.6 Å². The average molecular weight is 399 g/mol. The Morgan fingerprint density at radius 3 is 2.52 bits per heavy atom. The van der Waals surface area contributed by atoms with Crippen LogP contribution in [0.25, 0.3) is 10.2 Å². The van der Waals surface area contributed by atoms with Gasteiger partial charge in [0.15, 0.2) is 10.2 Å². The monoisotopic (exact) mass is 398 g/mol. The van der Waals surface area contributed by atoms with Crippen LogP contribution in [0.4, 0.5) is 10.8 Å². The lowest BCUT2D eigenvalue weighted by Crippen LogP contribution is -2.34.